The number of anilines is 1. The molecule has 0 unspecified atom stereocenters. The summed E-state index contributed by atoms with van der Waals surface area (Å²) in [6.45, 7) is 0.115. The molecule has 2 aromatic rings. The lowest BCUT2D eigenvalue weighted by Gasteiger charge is -2.11. The molecule has 0 spiro atoms. The normalized spacial score (nSPS) is 10.2. The van der Waals surface area contributed by atoms with E-state index < -0.39 is 11.7 Å². The minimum atomic E-state index is -0.646. The first kappa shape index (κ1) is 14.6. The van der Waals surface area contributed by atoms with E-state index in [1.54, 1.807) is 18.2 Å². The lowest BCUT2D eigenvalue weighted by atomic mass is 10.1. The van der Waals surface area contributed by atoms with Gasteiger partial charge in [-0.15, -0.1) is 0 Å². The van der Waals surface area contributed by atoms with Gasteiger partial charge in [-0.05, 0) is 12.1 Å². The smallest absolute Gasteiger partial charge is 0.142 e. The van der Waals surface area contributed by atoms with Gasteiger partial charge in [0.05, 0.1) is 6.20 Å². The molecule has 0 saturated carbocycles. The van der Waals surface area contributed by atoms with E-state index in [0.29, 0.717) is 5.56 Å². The molecule has 0 radical (unpaired) electrons. The van der Waals surface area contributed by atoms with E-state index in [9.17, 15) is 8.78 Å². The van der Waals surface area contributed by atoms with Crippen molar-refractivity contribution in [2.75, 3.05) is 5.32 Å². The zero-order chi connectivity index (χ0) is 15.4. The number of hydrogen-bond acceptors (Lipinski definition) is 4. The standard InChI is InChI=1S/C14H13F2N5/c15-9-5-10(12(17)13(18)19)14(21-7-9)20-6-8-3-1-2-4-11(8)16/h1-5,7,17H,6H2,(H3,18,19)(H,20,21). The van der Waals surface area contributed by atoms with Gasteiger partial charge in [0.15, 0.2) is 0 Å². The molecule has 21 heavy (non-hydrogen) atoms. The highest BCUT2D eigenvalue weighted by molar-refractivity contribution is 6.45. The number of aromatic nitrogens is 1. The third kappa shape index (κ3) is 3.38. The van der Waals surface area contributed by atoms with Crippen LogP contribution in [0, 0.1) is 22.5 Å². The Morgan fingerprint density at radius 2 is 1.95 bits per heavy atom. The minimum absolute atomic E-state index is 0.0545. The molecular formula is C14H13F2N5. The summed E-state index contributed by atoms with van der Waals surface area (Å²) in [5.74, 6) is -1.36. The summed E-state index contributed by atoms with van der Waals surface area (Å²) in [6.07, 6.45) is 0.973. The second kappa shape index (κ2) is 6.08. The highest BCUT2D eigenvalue weighted by Crippen LogP contribution is 2.16. The Kier molecular flexibility index (Phi) is 4.22. The number of nitrogens with two attached hydrogens (primary N) is 1. The fraction of sp³-hybridized carbons (Fsp3) is 0.0714. The first-order chi connectivity index (χ1) is 9.99. The molecule has 5 N–H and O–H groups in total. The molecule has 7 heteroatoms. The number of rotatable bonds is 5. The van der Waals surface area contributed by atoms with Gasteiger partial charge >= 0.3 is 0 Å². The van der Waals surface area contributed by atoms with E-state index in [-0.39, 0.29) is 29.5 Å². The Morgan fingerprint density at radius 3 is 2.62 bits per heavy atom. The molecule has 0 atom stereocenters. The zero-order valence-corrected chi connectivity index (χ0v) is 11.0. The highest BCUT2D eigenvalue weighted by Gasteiger charge is 2.13. The Bertz CT molecular complexity index is 700. The van der Waals surface area contributed by atoms with Gasteiger partial charge in [0.1, 0.15) is 29.0 Å². The Labute approximate surface area is 119 Å². The summed E-state index contributed by atoms with van der Waals surface area (Å²) < 4.78 is 26.8. The molecule has 5 nitrogen and oxygen atoms in total. The molecule has 1 aromatic carbocycles. The molecule has 1 aromatic heterocycles. The largest absolute Gasteiger partial charge is 0.382 e. The van der Waals surface area contributed by atoms with Crippen LogP contribution in [0.4, 0.5) is 14.6 Å². The second-order valence-electron chi connectivity index (χ2n) is 4.28. The summed E-state index contributed by atoms with van der Waals surface area (Å²) in [5.41, 5.74) is 5.35. The minimum Gasteiger partial charge on any atom is -0.382 e. The molecule has 0 aliphatic heterocycles. The second-order valence-corrected chi connectivity index (χ2v) is 4.28. The van der Waals surface area contributed by atoms with Crippen molar-refractivity contribution in [3.8, 4) is 0 Å². The third-order valence-corrected chi connectivity index (χ3v) is 2.80. The van der Waals surface area contributed by atoms with Crippen molar-refractivity contribution in [3.05, 3.63) is 59.3 Å². The van der Waals surface area contributed by atoms with Crippen LogP contribution in [-0.2, 0) is 6.54 Å². The summed E-state index contributed by atoms with van der Waals surface area (Å²) in [7, 11) is 0. The topological polar surface area (TPSA) is 98.6 Å². The van der Waals surface area contributed by atoms with Crippen LogP contribution in [-0.4, -0.2) is 16.5 Å². The number of halogens is 2. The SMILES string of the molecule is N=C(N)C(=N)c1cc(F)cnc1NCc1ccccc1F. The van der Waals surface area contributed by atoms with Gasteiger partial charge in [-0.3, -0.25) is 10.8 Å². The Balaban J connectivity index is 2.26. The molecule has 108 valence electrons. The number of nitrogens with zero attached hydrogens (tertiary/aromatic N) is 1. The molecule has 0 amide bonds. The quantitative estimate of drug-likeness (QED) is 0.502. The maximum absolute atomic E-state index is 13.5. The fourth-order valence-electron chi connectivity index (χ4n) is 1.74. The van der Waals surface area contributed by atoms with E-state index in [0.717, 1.165) is 12.3 Å². The van der Waals surface area contributed by atoms with Crippen LogP contribution in [0.25, 0.3) is 0 Å². The fourth-order valence-corrected chi connectivity index (χ4v) is 1.74. The third-order valence-electron chi connectivity index (χ3n) is 2.80. The first-order valence-electron chi connectivity index (χ1n) is 6.05. The maximum Gasteiger partial charge on any atom is 0.142 e. The average Bonchev–Trinajstić information content (AvgIpc) is 2.46. The van der Waals surface area contributed by atoms with Gasteiger partial charge in [0, 0.05) is 17.7 Å². The van der Waals surface area contributed by atoms with Crippen LogP contribution < -0.4 is 11.1 Å². The van der Waals surface area contributed by atoms with Gasteiger partial charge in [-0.1, -0.05) is 18.2 Å². The molecular weight excluding hydrogens is 276 g/mol. The summed E-state index contributed by atoms with van der Waals surface area (Å²) in [4.78, 5) is 3.82. The van der Waals surface area contributed by atoms with Crippen molar-refractivity contribution in [1.82, 2.24) is 4.98 Å². The van der Waals surface area contributed by atoms with Crippen LogP contribution >= 0.6 is 0 Å². The number of hydrogen-bond donors (Lipinski definition) is 4. The van der Waals surface area contributed by atoms with E-state index in [1.807, 2.05) is 0 Å². The van der Waals surface area contributed by atoms with Crippen LogP contribution in [0.1, 0.15) is 11.1 Å². The molecule has 0 aliphatic carbocycles. The van der Waals surface area contributed by atoms with Gasteiger partial charge in [-0.2, -0.15) is 0 Å². The lowest BCUT2D eigenvalue weighted by Crippen LogP contribution is -2.24. The number of benzene rings is 1. The molecule has 1 heterocycles. The van der Waals surface area contributed by atoms with Gasteiger partial charge in [0.25, 0.3) is 0 Å². The maximum atomic E-state index is 13.5. The van der Waals surface area contributed by atoms with Gasteiger partial charge < -0.3 is 11.1 Å². The highest BCUT2D eigenvalue weighted by atomic mass is 19.1. The first-order valence-corrected chi connectivity index (χ1v) is 6.05. The summed E-state index contributed by atoms with van der Waals surface area (Å²) in [5, 5.41) is 17.8. The van der Waals surface area contributed by atoms with Crippen molar-refractivity contribution in [2.45, 2.75) is 6.54 Å². The number of pyridine rings is 1. The molecule has 2 rings (SSSR count). The summed E-state index contributed by atoms with van der Waals surface area (Å²) in [6, 6.07) is 7.25. The Hall–Kier alpha value is -2.83. The molecule has 0 saturated heterocycles. The Morgan fingerprint density at radius 1 is 1.24 bits per heavy atom. The molecule has 0 fully saturated rings. The monoisotopic (exact) mass is 289 g/mol. The van der Waals surface area contributed by atoms with Crippen molar-refractivity contribution in [1.29, 1.82) is 10.8 Å². The van der Waals surface area contributed by atoms with Gasteiger partial charge in [0.2, 0.25) is 0 Å². The zero-order valence-electron chi connectivity index (χ0n) is 11.0. The van der Waals surface area contributed by atoms with Crippen LogP contribution in [0.3, 0.4) is 0 Å². The lowest BCUT2D eigenvalue weighted by molar-refractivity contribution is 0.612. The van der Waals surface area contributed by atoms with E-state index >= 15 is 0 Å². The van der Waals surface area contributed by atoms with Crippen molar-refractivity contribution in [3.63, 3.8) is 0 Å². The van der Waals surface area contributed by atoms with E-state index in [1.165, 1.54) is 6.07 Å². The predicted molar refractivity (Wildman–Crippen MR) is 76.7 cm³/mol. The van der Waals surface area contributed by atoms with Crippen LogP contribution in [0.2, 0.25) is 0 Å². The van der Waals surface area contributed by atoms with Crippen molar-refractivity contribution in [2.24, 2.45) is 5.73 Å². The van der Waals surface area contributed by atoms with Gasteiger partial charge in [-0.25, -0.2) is 13.8 Å². The van der Waals surface area contributed by atoms with Crippen LogP contribution in [0.5, 0.6) is 0 Å². The number of nitrogens with one attached hydrogen (secondary N) is 3. The van der Waals surface area contributed by atoms with Crippen LogP contribution in [0.15, 0.2) is 36.5 Å². The number of amidine groups is 1. The predicted octanol–water partition coefficient (Wildman–Crippen LogP) is 2.28. The van der Waals surface area contributed by atoms with Crippen molar-refractivity contribution >= 4 is 17.4 Å². The summed E-state index contributed by atoms with van der Waals surface area (Å²) >= 11 is 0. The van der Waals surface area contributed by atoms with E-state index in [2.05, 4.69) is 10.3 Å². The molecule has 0 aliphatic rings. The average molecular weight is 289 g/mol. The van der Waals surface area contributed by atoms with E-state index in [4.69, 9.17) is 16.6 Å². The molecule has 0 bridgehead atoms. The van der Waals surface area contributed by atoms with Crippen molar-refractivity contribution < 1.29 is 8.78 Å².